The Morgan fingerprint density at radius 3 is 2.75 bits per heavy atom. The van der Waals surface area contributed by atoms with Crippen molar-refractivity contribution in [2.75, 3.05) is 5.88 Å². The molecule has 0 aliphatic heterocycles. The summed E-state index contributed by atoms with van der Waals surface area (Å²) in [6.45, 7) is 2.15. The fourth-order valence-electron chi connectivity index (χ4n) is 1.77. The monoisotopic (exact) mass is 288 g/mol. The summed E-state index contributed by atoms with van der Waals surface area (Å²) in [5.41, 5.74) is 2.37. The van der Waals surface area contributed by atoms with E-state index in [2.05, 4.69) is 11.8 Å². The molecule has 0 spiro atoms. The second kappa shape index (κ2) is 6.98. The van der Waals surface area contributed by atoms with Crippen LogP contribution < -0.4 is 4.74 Å². The molecule has 2 rings (SSSR count). The van der Waals surface area contributed by atoms with Gasteiger partial charge in [0.25, 0.3) is 0 Å². The Bertz CT molecular complexity index is 656. The van der Waals surface area contributed by atoms with Gasteiger partial charge in [0.2, 0.25) is 0 Å². The van der Waals surface area contributed by atoms with Crippen molar-refractivity contribution >= 4 is 11.6 Å². The highest BCUT2D eigenvalue weighted by molar-refractivity contribution is 6.19. The Labute approximate surface area is 123 Å². The molecule has 0 radical (unpaired) electrons. The smallest absolute Gasteiger partial charge is 0.135 e. The zero-order valence-electron chi connectivity index (χ0n) is 11.1. The maximum absolute atomic E-state index is 13.5. The zero-order valence-corrected chi connectivity index (χ0v) is 11.9. The van der Waals surface area contributed by atoms with Gasteiger partial charge in [-0.1, -0.05) is 36.1 Å². The van der Waals surface area contributed by atoms with Crippen LogP contribution in [0.5, 0.6) is 5.75 Å². The fourth-order valence-corrected chi connectivity index (χ4v) is 1.83. The summed E-state index contributed by atoms with van der Waals surface area (Å²) >= 11 is 5.57. The van der Waals surface area contributed by atoms with Crippen LogP contribution in [0.1, 0.15) is 16.7 Å². The van der Waals surface area contributed by atoms with E-state index < -0.39 is 0 Å². The first kappa shape index (κ1) is 14.4. The maximum atomic E-state index is 13.5. The van der Waals surface area contributed by atoms with E-state index in [-0.39, 0.29) is 18.3 Å². The molecule has 0 saturated carbocycles. The molecule has 102 valence electrons. The Balaban J connectivity index is 2.19. The first-order chi connectivity index (χ1) is 9.70. The van der Waals surface area contributed by atoms with Gasteiger partial charge in [-0.25, -0.2) is 4.39 Å². The minimum Gasteiger partial charge on any atom is -0.487 e. The van der Waals surface area contributed by atoms with E-state index in [9.17, 15) is 4.39 Å². The van der Waals surface area contributed by atoms with Gasteiger partial charge in [-0.15, -0.1) is 11.6 Å². The molecule has 0 bridgehead atoms. The van der Waals surface area contributed by atoms with Gasteiger partial charge >= 0.3 is 0 Å². The molecule has 3 heteroatoms. The molecule has 0 N–H and O–H groups in total. The highest BCUT2D eigenvalue weighted by Gasteiger charge is 2.05. The third kappa shape index (κ3) is 3.76. The number of halogens is 2. The normalized spacial score (nSPS) is 9.75. The van der Waals surface area contributed by atoms with Crippen molar-refractivity contribution in [2.24, 2.45) is 0 Å². The number of rotatable bonds is 3. The van der Waals surface area contributed by atoms with E-state index in [1.54, 1.807) is 18.2 Å². The second-order valence-electron chi connectivity index (χ2n) is 4.32. The molecule has 0 aliphatic rings. The number of ether oxygens (including phenoxy) is 1. The second-order valence-corrected chi connectivity index (χ2v) is 4.58. The summed E-state index contributed by atoms with van der Waals surface area (Å²) in [6.07, 6.45) is 0. The van der Waals surface area contributed by atoms with Crippen molar-refractivity contribution in [1.82, 2.24) is 0 Å². The van der Waals surface area contributed by atoms with Gasteiger partial charge < -0.3 is 4.74 Å². The van der Waals surface area contributed by atoms with E-state index in [1.165, 1.54) is 6.07 Å². The molecular formula is C17H14ClFO. The van der Waals surface area contributed by atoms with Gasteiger partial charge in [-0.2, -0.15) is 0 Å². The van der Waals surface area contributed by atoms with Crippen LogP contribution in [0.4, 0.5) is 4.39 Å². The highest BCUT2D eigenvalue weighted by atomic mass is 35.5. The third-order valence-corrected chi connectivity index (χ3v) is 2.90. The van der Waals surface area contributed by atoms with Crippen LogP contribution in [-0.2, 0) is 6.61 Å². The van der Waals surface area contributed by atoms with Crippen LogP contribution in [-0.4, -0.2) is 5.88 Å². The summed E-state index contributed by atoms with van der Waals surface area (Å²) in [5, 5.41) is 0. The minimum atomic E-state index is -0.270. The average molecular weight is 289 g/mol. The molecule has 0 amide bonds. The fraction of sp³-hybridized carbons (Fsp3) is 0.176. The third-order valence-electron chi connectivity index (χ3n) is 2.77. The van der Waals surface area contributed by atoms with Gasteiger partial charge in [0.15, 0.2) is 0 Å². The topological polar surface area (TPSA) is 9.23 Å². The first-order valence-corrected chi connectivity index (χ1v) is 6.76. The molecule has 0 unspecified atom stereocenters. The number of alkyl halides is 1. The highest BCUT2D eigenvalue weighted by Crippen LogP contribution is 2.21. The van der Waals surface area contributed by atoms with Crippen LogP contribution in [0.25, 0.3) is 0 Å². The molecule has 20 heavy (non-hydrogen) atoms. The van der Waals surface area contributed by atoms with Gasteiger partial charge in [-0.3, -0.25) is 0 Å². The van der Waals surface area contributed by atoms with Gasteiger partial charge in [0.1, 0.15) is 18.2 Å². The molecule has 0 saturated heterocycles. The van der Waals surface area contributed by atoms with Crippen molar-refractivity contribution in [1.29, 1.82) is 0 Å². The summed E-state index contributed by atoms with van der Waals surface area (Å²) in [6, 6.07) is 12.3. The van der Waals surface area contributed by atoms with Crippen LogP contribution in [0.15, 0.2) is 42.5 Å². The molecule has 0 atom stereocenters. The van der Waals surface area contributed by atoms with E-state index in [0.29, 0.717) is 11.3 Å². The zero-order chi connectivity index (χ0) is 14.4. The predicted octanol–water partition coefficient (Wildman–Crippen LogP) is 4.30. The Kier molecular flexibility index (Phi) is 5.03. The predicted molar refractivity (Wildman–Crippen MR) is 79.5 cm³/mol. The number of hydrogen-bond donors (Lipinski definition) is 0. The van der Waals surface area contributed by atoms with E-state index in [1.807, 2.05) is 25.1 Å². The Morgan fingerprint density at radius 2 is 2.00 bits per heavy atom. The van der Waals surface area contributed by atoms with Crippen LogP contribution in [0.3, 0.4) is 0 Å². The Hall–Kier alpha value is -1.98. The van der Waals surface area contributed by atoms with Gasteiger partial charge in [0.05, 0.1) is 11.4 Å². The quantitative estimate of drug-likeness (QED) is 0.604. The average Bonchev–Trinajstić information content (AvgIpc) is 2.45. The van der Waals surface area contributed by atoms with Gasteiger partial charge in [-0.05, 0) is 30.7 Å². The van der Waals surface area contributed by atoms with Gasteiger partial charge in [0, 0.05) is 5.56 Å². The lowest BCUT2D eigenvalue weighted by Crippen LogP contribution is -2.00. The number of benzene rings is 2. The summed E-state index contributed by atoms with van der Waals surface area (Å²) in [7, 11) is 0. The molecule has 1 nitrogen and oxygen atoms in total. The molecule has 0 fully saturated rings. The van der Waals surface area contributed by atoms with Crippen LogP contribution >= 0.6 is 11.6 Å². The first-order valence-electron chi connectivity index (χ1n) is 6.22. The number of aryl methyl sites for hydroxylation is 1. The maximum Gasteiger partial charge on any atom is 0.135 e. The molecule has 0 aliphatic carbocycles. The van der Waals surface area contributed by atoms with Crippen molar-refractivity contribution in [3.8, 4) is 17.6 Å². The molecular weight excluding hydrogens is 275 g/mol. The van der Waals surface area contributed by atoms with Crippen molar-refractivity contribution in [3.05, 3.63) is 65.0 Å². The molecule has 2 aromatic rings. The van der Waals surface area contributed by atoms with E-state index in [4.69, 9.17) is 16.3 Å². The van der Waals surface area contributed by atoms with Crippen LogP contribution in [0.2, 0.25) is 0 Å². The lowest BCUT2D eigenvalue weighted by atomic mass is 10.1. The molecule has 2 aromatic carbocycles. The number of hydrogen-bond acceptors (Lipinski definition) is 1. The van der Waals surface area contributed by atoms with Crippen molar-refractivity contribution in [2.45, 2.75) is 13.5 Å². The standard InChI is InChI=1S/C17H14ClFO/c1-13-8-9-17(14(11-13)6-4-10-18)20-12-15-5-2-3-7-16(15)19/h2-3,5,7-9,11H,10,12H2,1H3. The molecule has 0 heterocycles. The minimum absolute atomic E-state index is 0.172. The largest absolute Gasteiger partial charge is 0.487 e. The van der Waals surface area contributed by atoms with E-state index in [0.717, 1.165) is 11.1 Å². The van der Waals surface area contributed by atoms with E-state index >= 15 is 0 Å². The Morgan fingerprint density at radius 1 is 1.20 bits per heavy atom. The molecule has 0 aromatic heterocycles. The summed E-state index contributed by atoms with van der Waals surface area (Å²) in [5.74, 6) is 6.39. The van der Waals surface area contributed by atoms with Crippen molar-refractivity contribution < 1.29 is 9.13 Å². The SMILES string of the molecule is Cc1ccc(OCc2ccccc2F)c(C#CCCl)c1. The van der Waals surface area contributed by atoms with Crippen molar-refractivity contribution in [3.63, 3.8) is 0 Å². The lowest BCUT2D eigenvalue weighted by molar-refractivity contribution is 0.299. The lowest BCUT2D eigenvalue weighted by Gasteiger charge is -2.09. The summed E-state index contributed by atoms with van der Waals surface area (Å²) < 4.78 is 19.2. The van der Waals surface area contributed by atoms with Crippen LogP contribution in [0, 0.1) is 24.6 Å². The summed E-state index contributed by atoms with van der Waals surface area (Å²) in [4.78, 5) is 0.